The Morgan fingerprint density at radius 3 is 2.47 bits per heavy atom. The van der Waals surface area contributed by atoms with Gasteiger partial charge >= 0.3 is 0 Å². The lowest BCUT2D eigenvalue weighted by molar-refractivity contribution is 0.117. The van der Waals surface area contributed by atoms with Crippen LogP contribution in [0.15, 0.2) is 24.3 Å². The van der Waals surface area contributed by atoms with Crippen molar-refractivity contribution in [3.8, 4) is 0 Å². The van der Waals surface area contributed by atoms with Gasteiger partial charge in [0, 0.05) is 19.3 Å². The van der Waals surface area contributed by atoms with Gasteiger partial charge in [-0.25, -0.2) is 4.39 Å². The summed E-state index contributed by atoms with van der Waals surface area (Å²) >= 11 is 0. The van der Waals surface area contributed by atoms with Gasteiger partial charge in [0.15, 0.2) is 0 Å². The highest BCUT2D eigenvalue weighted by atomic mass is 19.1. The Morgan fingerprint density at radius 1 is 1.29 bits per heavy atom. The van der Waals surface area contributed by atoms with Crippen LogP contribution in [0, 0.1) is 11.7 Å². The fourth-order valence-electron chi connectivity index (χ4n) is 2.57. The first-order chi connectivity index (χ1) is 8.16. The van der Waals surface area contributed by atoms with Crippen LogP contribution < -0.4 is 4.90 Å². The lowest BCUT2D eigenvalue weighted by Gasteiger charge is -2.26. The summed E-state index contributed by atoms with van der Waals surface area (Å²) in [6.45, 7) is 0.621. The largest absolute Gasteiger partial charge is 0.391 e. The van der Waals surface area contributed by atoms with Crippen molar-refractivity contribution in [2.45, 2.75) is 31.8 Å². The van der Waals surface area contributed by atoms with E-state index in [4.69, 9.17) is 0 Å². The molecule has 0 radical (unpaired) electrons. The van der Waals surface area contributed by atoms with Gasteiger partial charge in [-0.3, -0.25) is 0 Å². The molecule has 2 rings (SSSR count). The van der Waals surface area contributed by atoms with Gasteiger partial charge in [0.1, 0.15) is 5.82 Å². The van der Waals surface area contributed by atoms with Crippen molar-refractivity contribution in [2.75, 3.05) is 18.5 Å². The van der Waals surface area contributed by atoms with E-state index in [9.17, 15) is 9.50 Å². The molecule has 1 N–H and O–H groups in total. The number of aliphatic hydroxyl groups is 1. The maximum atomic E-state index is 12.8. The molecule has 94 valence electrons. The molecule has 1 aliphatic carbocycles. The van der Waals surface area contributed by atoms with E-state index in [1.165, 1.54) is 25.0 Å². The third-order valence-corrected chi connectivity index (χ3v) is 3.67. The fraction of sp³-hybridized carbons (Fsp3) is 0.571. The van der Waals surface area contributed by atoms with Crippen LogP contribution in [0.1, 0.15) is 25.7 Å². The number of likely N-dealkylation sites (N-methyl/N-ethyl adjacent to an activating group) is 1. The van der Waals surface area contributed by atoms with Crippen molar-refractivity contribution < 1.29 is 9.50 Å². The molecular formula is C14H20FNO. The second kappa shape index (κ2) is 5.50. The lowest BCUT2D eigenvalue weighted by Crippen LogP contribution is -2.33. The number of rotatable bonds is 4. The van der Waals surface area contributed by atoms with Crippen LogP contribution in [0.4, 0.5) is 10.1 Å². The highest BCUT2D eigenvalue weighted by molar-refractivity contribution is 5.45. The normalized spacial score (nSPS) is 18.3. The van der Waals surface area contributed by atoms with Gasteiger partial charge in [-0.15, -0.1) is 0 Å². The van der Waals surface area contributed by atoms with E-state index in [-0.39, 0.29) is 11.9 Å². The van der Waals surface area contributed by atoms with E-state index in [0.717, 1.165) is 18.5 Å². The molecule has 0 bridgehead atoms. The summed E-state index contributed by atoms with van der Waals surface area (Å²) in [6.07, 6.45) is 4.48. The quantitative estimate of drug-likeness (QED) is 0.870. The predicted molar refractivity (Wildman–Crippen MR) is 67.6 cm³/mol. The topological polar surface area (TPSA) is 23.5 Å². The molecule has 0 heterocycles. The number of hydrogen-bond acceptors (Lipinski definition) is 2. The van der Waals surface area contributed by atoms with Crippen LogP contribution in [0.3, 0.4) is 0 Å². The van der Waals surface area contributed by atoms with Crippen molar-refractivity contribution >= 4 is 5.69 Å². The van der Waals surface area contributed by atoms with E-state index < -0.39 is 0 Å². The average Bonchev–Trinajstić information content (AvgIpc) is 2.83. The Bertz CT molecular complexity index is 346. The van der Waals surface area contributed by atoms with Gasteiger partial charge in [0.25, 0.3) is 0 Å². The maximum absolute atomic E-state index is 12.8. The van der Waals surface area contributed by atoms with Crippen LogP contribution in [0.5, 0.6) is 0 Å². The first-order valence-electron chi connectivity index (χ1n) is 6.31. The third kappa shape index (κ3) is 3.19. The summed E-state index contributed by atoms with van der Waals surface area (Å²) in [6, 6.07) is 6.40. The zero-order valence-electron chi connectivity index (χ0n) is 10.3. The van der Waals surface area contributed by atoms with E-state index in [0.29, 0.717) is 12.5 Å². The van der Waals surface area contributed by atoms with Crippen molar-refractivity contribution in [3.63, 3.8) is 0 Å². The minimum Gasteiger partial charge on any atom is -0.391 e. The summed E-state index contributed by atoms with van der Waals surface area (Å²) in [5.74, 6) is 0.219. The van der Waals surface area contributed by atoms with Crippen molar-refractivity contribution in [1.29, 1.82) is 0 Å². The molecule has 1 saturated carbocycles. The molecule has 1 aromatic rings. The summed E-state index contributed by atoms with van der Waals surface area (Å²) < 4.78 is 12.8. The van der Waals surface area contributed by atoms with Crippen LogP contribution in [0.25, 0.3) is 0 Å². The van der Waals surface area contributed by atoms with Crippen LogP contribution in [-0.2, 0) is 0 Å². The van der Waals surface area contributed by atoms with E-state index in [1.54, 1.807) is 12.1 Å². The molecule has 0 aromatic heterocycles. The molecule has 0 spiro atoms. The number of benzene rings is 1. The molecule has 1 aliphatic rings. The molecule has 1 fully saturated rings. The first kappa shape index (κ1) is 12.4. The van der Waals surface area contributed by atoms with E-state index in [2.05, 4.69) is 0 Å². The summed E-state index contributed by atoms with van der Waals surface area (Å²) in [5.41, 5.74) is 0.948. The molecule has 0 amide bonds. The van der Waals surface area contributed by atoms with Gasteiger partial charge < -0.3 is 10.0 Å². The van der Waals surface area contributed by atoms with Gasteiger partial charge in [-0.05, 0) is 43.0 Å². The average molecular weight is 237 g/mol. The molecule has 17 heavy (non-hydrogen) atoms. The van der Waals surface area contributed by atoms with Crippen LogP contribution in [-0.4, -0.2) is 24.8 Å². The summed E-state index contributed by atoms with van der Waals surface area (Å²) in [7, 11) is 1.94. The zero-order chi connectivity index (χ0) is 12.3. The fourth-order valence-corrected chi connectivity index (χ4v) is 2.57. The smallest absolute Gasteiger partial charge is 0.123 e. The van der Waals surface area contributed by atoms with Crippen molar-refractivity contribution in [3.05, 3.63) is 30.1 Å². The molecule has 2 nitrogen and oxygen atoms in total. The van der Waals surface area contributed by atoms with Gasteiger partial charge in [0.2, 0.25) is 0 Å². The summed E-state index contributed by atoms with van der Waals surface area (Å²) in [5, 5.41) is 10.1. The molecule has 1 aromatic carbocycles. The zero-order valence-corrected chi connectivity index (χ0v) is 10.3. The molecule has 1 atom stereocenters. The number of nitrogens with zero attached hydrogens (tertiary/aromatic N) is 1. The lowest BCUT2D eigenvalue weighted by atomic mass is 10.0. The van der Waals surface area contributed by atoms with Crippen LogP contribution in [0.2, 0.25) is 0 Å². The Morgan fingerprint density at radius 2 is 1.88 bits per heavy atom. The molecule has 0 saturated heterocycles. The Balaban J connectivity index is 1.91. The second-order valence-electron chi connectivity index (χ2n) is 4.97. The predicted octanol–water partition coefficient (Wildman–Crippen LogP) is 2.81. The van der Waals surface area contributed by atoms with Gasteiger partial charge in [-0.1, -0.05) is 12.8 Å². The minimum absolute atomic E-state index is 0.224. The molecule has 3 heteroatoms. The Hall–Kier alpha value is -1.09. The monoisotopic (exact) mass is 237 g/mol. The van der Waals surface area contributed by atoms with Crippen LogP contribution >= 0.6 is 0 Å². The highest BCUT2D eigenvalue weighted by Gasteiger charge is 2.24. The molecule has 0 aliphatic heterocycles. The Kier molecular flexibility index (Phi) is 4.00. The number of aliphatic hydroxyl groups excluding tert-OH is 1. The van der Waals surface area contributed by atoms with Gasteiger partial charge in [-0.2, -0.15) is 0 Å². The number of anilines is 1. The minimum atomic E-state index is -0.271. The van der Waals surface area contributed by atoms with Gasteiger partial charge in [0.05, 0.1) is 6.10 Å². The summed E-state index contributed by atoms with van der Waals surface area (Å²) in [4.78, 5) is 1.99. The highest BCUT2D eigenvalue weighted by Crippen LogP contribution is 2.28. The van der Waals surface area contributed by atoms with E-state index in [1.807, 2.05) is 11.9 Å². The number of hydrogen-bond donors (Lipinski definition) is 1. The Labute approximate surface area is 102 Å². The third-order valence-electron chi connectivity index (χ3n) is 3.67. The SMILES string of the molecule is CN(CC(O)C1CCCC1)c1ccc(F)cc1. The maximum Gasteiger partial charge on any atom is 0.123 e. The van der Waals surface area contributed by atoms with Crippen molar-refractivity contribution in [2.24, 2.45) is 5.92 Å². The standard InChI is InChI=1S/C14H20FNO/c1-16(13-8-6-12(15)7-9-13)10-14(17)11-4-2-3-5-11/h6-9,11,14,17H,2-5,10H2,1H3. The number of halogens is 1. The second-order valence-corrected chi connectivity index (χ2v) is 4.97. The first-order valence-corrected chi connectivity index (χ1v) is 6.31. The van der Waals surface area contributed by atoms with E-state index >= 15 is 0 Å². The molecule has 1 unspecified atom stereocenters. The van der Waals surface area contributed by atoms with Crippen molar-refractivity contribution in [1.82, 2.24) is 0 Å². The molecular weight excluding hydrogens is 217 g/mol.